The van der Waals surface area contributed by atoms with Crippen LogP contribution < -0.4 is 5.32 Å². The third-order valence-corrected chi connectivity index (χ3v) is 6.13. The molecule has 3 atom stereocenters. The van der Waals surface area contributed by atoms with Gasteiger partial charge in [-0.15, -0.1) is 0 Å². The molecule has 6 N–H and O–H groups in total. The van der Waals surface area contributed by atoms with Crippen molar-refractivity contribution < 1.29 is 47.6 Å². The van der Waals surface area contributed by atoms with Crippen molar-refractivity contribution in [2.45, 2.75) is 31.5 Å². The fourth-order valence-corrected chi connectivity index (χ4v) is 4.23. The maximum absolute atomic E-state index is 10.9. The van der Waals surface area contributed by atoms with Gasteiger partial charge in [-0.1, -0.05) is 24.0 Å². The second-order valence-corrected chi connectivity index (χ2v) is 10.4. The number of aromatic nitrogens is 4. The normalized spacial score (nSPS) is 20.1. The minimum Gasteiger partial charge on any atom is -0.390 e. The fraction of sp³-hybridized carbons (Fsp3) is 0.350. The number of aliphatic hydroxyl groups is 1. The molecule has 37 heavy (non-hydrogen) atoms. The lowest BCUT2D eigenvalue weighted by Gasteiger charge is -2.16. The molecule has 0 bridgehead atoms. The van der Waals surface area contributed by atoms with E-state index in [1.54, 1.807) is 28.8 Å². The van der Waals surface area contributed by atoms with Gasteiger partial charge in [0.25, 0.3) is 0 Å². The summed E-state index contributed by atoms with van der Waals surface area (Å²) in [5, 5.41) is 13.3. The quantitative estimate of drug-likeness (QED) is 0.158. The lowest BCUT2D eigenvalue weighted by atomic mass is 10.1. The second-order valence-electron chi connectivity index (χ2n) is 7.88. The van der Waals surface area contributed by atoms with Gasteiger partial charge in [-0.05, 0) is 17.7 Å². The van der Waals surface area contributed by atoms with Gasteiger partial charge >= 0.3 is 15.6 Å². The van der Waals surface area contributed by atoms with Crippen LogP contribution in [0.1, 0.15) is 23.8 Å². The van der Waals surface area contributed by atoms with Crippen molar-refractivity contribution in [2.24, 2.45) is 0 Å². The summed E-state index contributed by atoms with van der Waals surface area (Å²) in [6.45, 7) is -0.532. The third kappa shape index (κ3) is 7.64. The molecule has 1 aliphatic rings. The first-order chi connectivity index (χ1) is 17.5. The molecule has 1 aliphatic heterocycles. The van der Waals surface area contributed by atoms with E-state index in [2.05, 4.69) is 41.2 Å². The van der Waals surface area contributed by atoms with Crippen molar-refractivity contribution in [3.05, 3.63) is 48.0 Å². The maximum Gasteiger partial charge on any atom is 0.469 e. The number of nitrogens with one attached hydrogen (secondary N) is 1. The number of anilines is 1. The lowest BCUT2D eigenvalue weighted by Crippen LogP contribution is -2.25. The number of ether oxygens (including phenoxy) is 1. The largest absolute Gasteiger partial charge is 0.469 e. The van der Waals surface area contributed by atoms with Gasteiger partial charge in [-0.25, -0.2) is 24.1 Å². The third-order valence-electron chi connectivity index (χ3n) is 5.18. The average Bonchev–Trinajstić information content (AvgIpc) is 3.42. The number of fused-ring (bicyclic) bond motifs is 1. The smallest absolute Gasteiger partial charge is 0.390 e. The maximum atomic E-state index is 10.9. The summed E-state index contributed by atoms with van der Waals surface area (Å²) < 4.78 is 38.0. The molecule has 3 heterocycles. The standard InChI is InChI=1S/C20H23N5O10P2/c26-15-8-17(35-16(15)10-34-37(30,31)32)25-12-24-18-19(22-11-23-20(18)25)21-6-2-5-13-3-1-4-14(7-13)9-33-36(27,28)29/h1,3-4,7,11-12,15-17,26H,6,8-10H2,(H,21,22,23)(H2,27,28,29)(H2,30,31,32)/t15-,16+,17+/m0/s1. The van der Waals surface area contributed by atoms with Crippen molar-refractivity contribution in [3.63, 3.8) is 0 Å². The fourth-order valence-electron chi connectivity index (χ4n) is 3.57. The van der Waals surface area contributed by atoms with Crippen LogP contribution in [-0.4, -0.2) is 69.6 Å². The van der Waals surface area contributed by atoms with Crippen LogP contribution in [0.25, 0.3) is 11.2 Å². The molecule has 1 fully saturated rings. The minimum atomic E-state index is -4.70. The Morgan fingerprint density at radius 3 is 2.68 bits per heavy atom. The number of benzene rings is 1. The first kappa shape index (κ1) is 27.3. The van der Waals surface area contributed by atoms with Crippen molar-refractivity contribution in [1.29, 1.82) is 0 Å². The van der Waals surface area contributed by atoms with Crippen molar-refractivity contribution in [2.75, 3.05) is 18.5 Å². The summed E-state index contributed by atoms with van der Waals surface area (Å²) in [4.78, 5) is 48.1. The highest BCUT2D eigenvalue weighted by Gasteiger charge is 2.37. The van der Waals surface area contributed by atoms with Crippen LogP contribution in [0.2, 0.25) is 0 Å². The molecule has 0 amide bonds. The highest BCUT2D eigenvalue weighted by atomic mass is 31.2. The van der Waals surface area contributed by atoms with E-state index in [1.807, 2.05) is 0 Å². The monoisotopic (exact) mass is 555 g/mol. The van der Waals surface area contributed by atoms with Gasteiger partial charge in [0.05, 0.1) is 32.2 Å². The van der Waals surface area contributed by atoms with Gasteiger partial charge in [-0.3, -0.25) is 13.6 Å². The van der Waals surface area contributed by atoms with E-state index < -0.39 is 40.7 Å². The van der Waals surface area contributed by atoms with Crippen LogP contribution in [0.15, 0.2) is 36.9 Å². The van der Waals surface area contributed by atoms with Crippen molar-refractivity contribution in [1.82, 2.24) is 19.5 Å². The number of rotatable bonds is 9. The van der Waals surface area contributed by atoms with E-state index in [1.165, 1.54) is 12.7 Å². The molecular weight excluding hydrogens is 532 g/mol. The molecule has 1 aromatic carbocycles. The van der Waals surface area contributed by atoms with Crippen LogP contribution in [0, 0.1) is 11.8 Å². The molecule has 4 rings (SSSR count). The Bertz CT molecular complexity index is 1410. The van der Waals surface area contributed by atoms with Crippen LogP contribution >= 0.6 is 15.6 Å². The van der Waals surface area contributed by atoms with E-state index in [0.717, 1.165) is 0 Å². The molecule has 3 aromatic rings. The van der Waals surface area contributed by atoms with Crippen molar-refractivity contribution in [3.8, 4) is 11.8 Å². The first-order valence-corrected chi connectivity index (χ1v) is 13.8. The number of imidazole rings is 1. The Labute approximate surface area is 209 Å². The number of hydrogen-bond acceptors (Lipinski definition) is 10. The van der Waals surface area contributed by atoms with Gasteiger partial charge in [-0.2, -0.15) is 0 Å². The van der Waals surface area contributed by atoms with E-state index in [-0.39, 0.29) is 19.6 Å². The molecule has 2 aromatic heterocycles. The Balaban J connectivity index is 1.40. The summed E-state index contributed by atoms with van der Waals surface area (Å²) >= 11 is 0. The molecule has 198 valence electrons. The zero-order chi connectivity index (χ0) is 26.6. The zero-order valence-corrected chi connectivity index (χ0v) is 20.8. The van der Waals surface area contributed by atoms with Crippen LogP contribution in [-0.2, 0) is 29.5 Å². The molecule has 0 spiro atoms. The zero-order valence-electron chi connectivity index (χ0n) is 19.0. The SMILES string of the molecule is O=P(O)(O)OCc1cccc(C#CCNc2ncnc3c2ncn3[C@H]2C[C@H](O)[C@@H](COP(=O)(O)O)O2)c1. The lowest BCUT2D eigenvalue weighted by molar-refractivity contribution is -0.0424. The van der Waals surface area contributed by atoms with Gasteiger partial charge < -0.3 is 34.7 Å². The topological polar surface area (TPSA) is 219 Å². The molecule has 0 aliphatic carbocycles. The molecule has 0 unspecified atom stereocenters. The number of phosphoric ester groups is 2. The van der Waals surface area contributed by atoms with E-state index in [9.17, 15) is 14.2 Å². The molecule has 17 heteroatoms. The number of nitrogens with zero attached hydrogens (tertiary/aromatic N) is 4. The highest BCUT2D eigenvalue weighted by Crippen LogP contribution is 2.39. The molecule has 0 radical (unpaired) electrons. The first-order valence-electron chi connectivity index (χ1n) is 10.7. The Hall–Kier alpha value is -2.73. The molecule has 1 saturated heterocycles. The van der Waals surface area contributed by atoms with Crippen LogP contribution in [0.5, 0.6) is 0 Å². The summed E-state index contributed by atoms with van der Waals surface area (Å²) in [7, 11) is -9.27. The second kappa shape index (κ2) is 11.3. The van der Waals surface area contributed by atoms with Gasteiger partial charge in [0, 0.05) is 12.0 Å². The summed E-state index contributed by atoms with van der Waals surface area (Å²) in [6.07, 6.45) is 0.287. The Morgan fingerprint density at radius 2 is 1.92 bits per heavy atom. The van der Waals surface area contributed by atoms with E-state index in [4.69, 9.17) is 24.3 Å². The van der Waals surface area contributed by atoms with Crippen LogP contribution in [0.3, 0.4) is 0 Å². The molecular formula is C20H23N5O10P2. The highest BCUT2D eigenvalue weighted by molar-refractivity contribution is 7.46. The summed E-state index contributed by atoms with van der Waals surface area (Å²) in [6, 6.07) is 6.75. The van der Waals surface area contributed by atoms with Gasteiger partial charge in [0.1, 0.15) is 18.7 Å². The molecule has 15 nitrogen and oxygen atoms in total. The summed E-state index contributed by atoms with van der Waals surface area (Å²) in [5.74, 6) is 6.27. The van der Waals surface area contributed by atoms with Crippen molar-refractivity contribution >= 4 is 32.6 Å². The average molecular weight is 555 g/mol. The number of hydrogen-bond donors (Lipinski definition) is 6. The van der Waals surface area contributed by atoms with Gasteiger partial charge in [0.2, 0.25) is 0 Å². The van der Waals surface area contributed by atoms with Crippen LogP contribution in [0.4, 0.5) is 5.82 Å². The Morgan fingerprint density at radius 1 is 1.14 bits per heavy atom. The predicted molar refractivity (Wildman–Crippen MR) is 126 cm³/mol. The van der Waals surface area contributed by atoms with Gasteiger partial charge in [0.15, 0.2) is 17.0 Å². The minimum absolute atomic E-state index is 0.136. The van der Waals surface area contributed by atoms with E-state index >= 15 is 0 Å². The summed E-state index contributed by atoms with van der Waals surface area (Å²) in [5.41, 5.74) is 2.02. The Kier molecular flexibility index (Phi) is 8.37. The number of aliphatic hydroxyl groups excluding tert-OH is 1. The van der Waals surface area contributed by atoms with E-state index in [0.29, 0.717) is 28.1 Å². The molecule has 0 saturated carbocycles. The predicted octanol–water partition coefficient (Wildman–Crippen LogP) is 0.657. The number of phosphoric acid groups is 2.